The van der Waals surface area contributed by atoms with E-state index in [2.05, 4.69) is 27.2 Å². The molecule has 1 aliphatic heterocycles. The van der Waals surface area contributed by atoms with Crippen molar-refractivity contribution in [3.8, 4) is 11.3 Å². The van der Waals surface area contributed by atoms with Crippen LogP contribution in [-0.2, 0) is 6.18 Å². The van der Waals surface area contributed by atoms with Gasteiger partial charge in [0.15, 0.2) is 0 Å². The Labute approximate surface area is 145 Å². The van der Waals surface area contributed by atoms with Crippen molar-refractivity contribution in [2.45, 2.75) is 39.3 Å². The number of hydrogen-bond donors (Lipinski definition) is 3. The predicted octanol–water partition coefficient (Wildman–Crippen LogP) is 3.81. The van der Waals surface area contributed by atoms with Crippen LogP contribution in [0.1, 0.15) is 44.5 Å². The fourth-order valence-electron chi connectivity index (χ4n) is 2.43. The first kappa shape index (κ1) is 19.2. The molecule has 4 N–H and O–H groups in total. The molecule has 0 amide bonds. The zero-order valence-corrected chi connectivity index (χ0v) is 14.6. The van der Waals surface area contributed by atoms with Gasteiger partial charge in [-0.05, 0) is 31.5 Å². The predicted molar refractivity (Wildman–Crippen MR) is 92.0 cm³/mol. The maximum absolute atomic E-state index is 12.7. The van der Waals surface area contributed by atoms with Crippen molar-refractivity contribution in [1.82, 2.24) is 20.3 Å². The van der Waals surface area contributed by atoms with Crippen molar-refractivity contribution >= 4 is 5.82 Å². The number of H-pyrrole nitrogens is 1. The van der Waals surface area contributed by atoms with Gasteiger partial charge in [0.1, 0.15) is 11.6 Å². The first-order chi connectivity index (χ1) is 11.7. The van der Waals surface area contributed by atoms with Gasteiger partial charge >= 0.3 is 6.18 Å². The van der Waals surface area contributed by atoms with Crippen molar-refractivity contribution in [1.29, 1.82) is 0 Å². The molecule has 3 heterocycles. The Balaban J connectivity index is 0.000000316. The average Bonchev–Trinajstić information content (AvgIpc) is 3.18. The largest absolute Gasteiger partial charge is 0.419 e. The van der Waals surface area contributed by atoms with Crippen LogP contribution in [0.3, 0.4) is 0 Å². The number of rotatable bonds is 2. The van der Waals surface area contributed by atoms with Gasteiger partial charge in [0, 0.05) is 17.7 Å². The number of hydrogen-bond acceptors (Lipinski definition) is 4. The van der Waals surface area contributed by atoms with Crippen LogP contribution in [0.15, 0.2) is 18.5 Å². The topological polar surface area (TPSA) is 79.6 Å². The van der Waals surface area contributed by atoms with Crippen LogP contribution in [-0.4, -0.2) is 28.0 Å². The molecular formula is C17H24F3N5. The minimum Gasteiger partial charge on any atom is -0.383 e. The normalized spacial score (nSPS) is 17.5. The van der Waals surface area contributed by atoms with Crippen LogP contribution in [0.2, 0.25) is 0 Å². The van der Waals surface area contributed by atoms with E-state index in [1.165, 1.54) is 31.9 Å². The fraction of sp³-hybridized carbons (Fsp3) is 0.529. The number of nitrogen functional groups attached to an aromatic ring is 1. The number of aromatic nitrogens is 3. The molecule has 0 saturated carbocycles. The summed E-state index contributed by atoms with van der Waals surface area (Å²) >= 11 is 0. The summed E-state index contributed by atoms with van der Waals surface area (Å²) < 4.78 is 38.2. The van der Waals surface area contributed by atoms with Crippen LogP contribution in [0.5, 0.6) is 0 Å². The highest BCUT2D eigenvalue weighted by atomic mass is 19.4. The number of aromatic amines is 1. The lowest BCUT2D eigenvalue weighted by atomic mass is 10.1. The maximum atomic E-state index is 12.7. The van der Waals surface area contributed by atoms with Crippen molar-refractivity contribution in [2.75, 3.05) is 18.8 Å². The van der Waals surface area contributed by atoms with Crippen LogP contribution in [0, 0.1) is 5.92 Å². The monoisotopic (exact) mass is 355 g/mol. The van der Waals surface area contributed by atoms with Crippen LogP contribution < -0.4 is 11.1 Å². The van der Waals surface area contributed by atoms with Crippen molar-refractivity contribution in [2.24, 2.45) is 5.92 Å². The van der Waals surface area contributed by atoms with E-state index in [0.29, 0.717) is 17.1 Å². The van der Waals surface area contributed by atoms with E-state index in [4.69, 9.17) is 5.73 Å². The number of halogens is 3. The molecule has 3 rings (SSSR count). The molecular weight excluding hydrogens is 331 g/mol. The second-order valence-corrected chi connectivity index (χ2v) is 6.59. The first-order valence-electron chi connectivity index (χ1n) is 8.27. The number of nitrogens with zero attached hydrogens (tertiary/aromatic N) is 2. The molecule has 1 saturated heterocycles. The summed E-state index contributed by atoms with van der Waals surface area (Å²) in [4.78, 5) is 10.7. The maximum Gasteiger partial charge on any atom is 0.419 e. The third kappa shape index (κ3) is 5.19. The SMILES string of the molecule is CC(C)c1ncc(-c2cnc(N)c(C(F)(F)F)c2)[nH]1.CC1CCNC1. The van der Waals surface area contributed by atoms with E-state index >= 15 is 0 Å². The summed E-state index contributed by atoms with van der Waals surface area (Å²) in [5.74, 6) is 1.28. The second-order valence-electron chi connectivity index (χ2n) is 6.59. The molecule has 8 heteroatoms. The Kier molecular flexibility index (Phi) is 6.05. The van der Waals surface area contributed by atoms with Crippen molar-refractivity contribution in [3.05, 3.63) is 29.8 Å². The van der Waals surface area contributed by atoms with E-state index in [9.17, 15) is 13.2 Å². The fourth-order valence-corrected chi connectivity index (χ4v) is 2.43. The van der Waals surface area contributed by atoms with E-state index in [-0.39, 0.29) is 5.92 Å². The van der Waals surface area contributed by atoms with Gasteiger partial charge in [-0.1, -0.05) is 20.8 Å². The summed E-state index contributed by atoms with van der Waals surface area (Å²) in [6.45, 7) is 8.62. The van der Waals surface area contributed by atoms with Gasteiger partial charge in [-0.15, -0.1) is 0 Å². The van der Waals surface area contributed by atoms with Gasteiger partial charge in [-0.2, -0.15) is 13.2 Å². The third-order valence-electron chi connectivity index (χ3n) is 3.98. The molecule has 0 aromatic carbocycles. The number of imidazole rings is 1. The van der Waals surface area contributed by atoms with Crippen molar-refractivity contribution in [3.63, 3.8) is 0 Å². The zero-order valence-electron chi connectivity index (χ0n) is 14.6. The summed E-state index contributed by atoms with van der Waals surface area (Å²) in [6.07, 6.45) is -0.362. The Bertz CT molecular complexity index is 688. The molecule has 1 aliphatic rings. The quantitative estimate of drug-likeness (QED) is 0.765. The molecule has 1 unspecified atom stereocenters. The Morgan fingerprint density at radius 3 is 2.40 bits per heavy atom. The lowest BCUT2D eigenvalue weighted by molar-refractivity contribution is -0.137. The lowest BCUT2D eigenvalue weighted by Crippen LogP contribution is -2.10. The summed E-state index contributed by atoms with van der Waals surface area (Å²) in [5.41, 5.74) is 5.11. The Hall–Kier alpha value is -2.09. The summed E-state index contributed by atoms with van der Waals surface area (Å²) in [6, 6.07) is 0.972. The van der Waals surface area contributed by atoms with Gasteiger partial charge in [-0.25, -0.2) is 9.97 Å². The van der Waals surface area contributed by atoms with E-state index in [1.54, 1.807) is 0 Å². The lowest BCUT2D eigenvalue weighted by Gasteiger charge is -2.10. The molecule has 0 spiro atoms. The number of nitrogens with two attached hydrogens (primary N) is 1. The zero-order chi connectivity index (χ0) is 18.6. The van der Waals surface area contributed by atoms with Gasteiger partial charge < -0.3 is 16.0 Å². The van der Waals surface area contributed by atoms with Gasteiger partial charge in [-0.3, -0.25) is 0 Å². The van der Waals surface area contributed by atoms with E-state index in [1.807, 2.05) is 13.8 Å². The molecule has 138 valence electrons. The molecule has 1 fully saturated rings. The summed E-state index contributed by atoms with van der Waals surface area (Å²) in [5, 5.41) is 3.27. The van der Waals surface area contributed by atoms with Crippen LogP contribution >= 0.6 is 0 Å². The average molecular weight is 355 g/mol. The van der Waals surface area contributed by atoms with Crippen LogP contribution in [0.25, 0.3) is 11.3 Å². The molecule has 0 aliphatic carbocycles. The standard InChI is InChI=1S/C12H13F3N4.C5H11N/c1-6(2)11-18-5-9(19-11)7-3-8(12(13,14)15)10(16)17-4-7;1-5-2-3-6-4-5/h3-6H,1-2H3,(H2,16,17)(H,18,19);5-6H,2-4H2,1H3. The highest BCUT2D eigenvalue weighted by Gasteiger charge is 2.34. The van der Waals surface area contributed by atoms with Crippen LogP contribution in [0.4, 0.5) is 19.0 Å². The molecule has 0 radical (unpaired) electrons. The molecule has 1 atom stereocenters. The highest BCUT2D eigenvalue weighted by molar-refractivity contribution is 5.61. The minimum absolute atomic E-state index is 0.164. The Morgan fingerprint density at radius 1 is 1.24 bits per heavy atom. The second kappa shape index (κ2) is 7.86. The third-order valence-corrected chi connectivity index (χ3v) is 3.98. The van der Waals surface area contributed by atoms with Gasteiger partial charge in [0.2, 0.25) is 0 Å². The van der Waals surface area contributed by atoms with Gasteiger partial charge in [0.05, 0.1) is 17.5 Å². The molecule has 0 bridgehead atoms. The Morgan fingerprint density at radius 2 is 1.96 bits per heavy atom. The van der Waals surface area contributed by atoms with E-state index < -0.39 is 17.6 Å². The number of nitrogens with one attached hydrogen (secondary N) is 2. The number of anilines is 1. The first-order valence-corrected chi connectivity index (χ1v) is 8.27. The molecule has 2 aromatic rings. The number of pyridine rings is 1. The van der Waals surface area contributed by atoms with Crippen molar-refractivity contribution < 1.29 is 13.2 Å². The molecule has 5 nitrogen and oxygen atoms in total. The molecule has 25 heavy (non-hydrogen) atoms. The van der Waals surface area contributed by atoms with Gasteiger partial charge in [0.25, 0.3) is 0 Å². The smallest absolute Gasteiger partial charge is 0.383 e. The van der Waals surface area contributed by atoms with E-state index in [0.717, 1.165) is 12.0 Å². The number of alkyl halides is 3. The molecule has 2 aromatic heterocycles. The minimum atomic E-state index is -4.52. The highest BCUT2D eigenvalue weighted by Crippen LogP contribution is 2.34. The summed E-state index contributed by atoms with van der Waals surface area (Å²) in [7, 11) is 0.